The third-order valence-electron chi connectivity index (χ3n) is 7.96. The molecule has 0 aromatic heterocycles. The molecule has 3 aromatic carbocycles. The van der Waals surface area contributed by atoms with Crippen molar-refractivity contribution >= 4 is 17.8 Å². The summed E-state index contributed by atoms with van der Waals surface area (Å²) in [6, 6.07) is 18.5. The van der Waals surface area contributed by atoms with Crippen LogP contribution in [0.3, 0.4) is 0 Å². The van der Waals surface area contributed by atoms with Crippen LogP contribution >= 0.6 is 0 Å². The number of rotatable bonds is 7. The molecule has 3 aromatic rings. The van der Waals surface area contributed by atoms with Gasteiger partial charge in [0.2, 0.25) is 11.8 Å². The molecule has 10 heteroatoms. The maximum atomic E-state index is 15.0. The van der Waals surface area contributed by atoms with Gasteiger partial charge >= 0.3 is 6.03 Å². The van der Waals surface area contributed by atoms with Crippen molar-refractivity contribution in [3.63, 3.8) is 0 Å². The highest BCUT2D eigenvalue weighted by Gasteiger charge is 2.54. The summed E-state index contributed by atoms with van der Waals surface area (Å²) in [5.41, 5.74) is 2.67. The number of nitrogens with zero attached hydrogens (tertiary/aromatic N) is 4. The van der Waals surface area contributed by atoms with Gasteiger partial charge in [0.15, 0.2) is 0 Å². The number of carbonyl (C=O) groups excluding carboxylic acids is 3. The predicted octanol–water partition coefficient (Wildman–Crippen LogP) is 3.41. The number of halogens is 1. The second-order valence-electron chi connectivity index (χ2n) is 10.9. The highest BCUT2D eigenvalue weighted by molar-refractivity contribution is 5.92. The van der Waals surface area contributed by atoms with Gasteiger partial charge in [-0.15, -0.1) is 6.42 Å². The van der Waals surface area contributed by atoms with E-state index >= 15 is 4.39 Å². The van der Waals surface area contributed by atoms with Crippen molar-refractivity contribution in [1.29, 1.82) is 0 Å². The van der Waals surface area contributed by atoms with Crippen LogP contribution in [0, 0.1) is 25.1 Å². The average molecular weight is 584 g/mol. The molecule has 2 fully saturated rings. The van der Waals surface area contributed by atoms with Crippen LogP contribution in [0.15, 0.2) is 72.8 Å². The first-order valence-corrected chi connectivity index (χ1v) is 14.1. The van der Waals surface area contributed by atoms with Gasteiger partial charge in [-0.25, -0.2) is 14.2 Å². The number of aryl methyl sites for hydroxylation is 1. The van der Waals surface area contributed by atoms with Gasteiger partial charge in [-0.2, -0.15) is 5.01 Å². The standard InChI is InChI=1S/C33H34FN5O4/c1-4-16-36-21-30(41)38-29(18-24-11-14-27(40)15-12-24)32(42)37(20-26-13-10-22(2)17-28(26)34)23(3)31(38)39(36)33(43)35-19-25-8-6-5-7-9-25/h1,5-15,17,23,29,31,40H,16,18-21H2,2-3H3,(H,35,43)/t23-,29-,31-/m0/s1. The Bertz CT molecular complexity index is 1540. The van der Waals surface area contributed by atoms with E-state index < -0.39 is 30.1 Å². The lowest BCUT2D eigenvalue weighted by molar-refractivity contribution is -0.198. The number of amides is 4. The van der Waals surface area contributed by atoms with Crippen molar-refractivity contribution in [3.05, 3.63) is 101 Å². The molecule has 0 bridgehead atoms. The Morgan fingerprint density at radius 1 is 1.07 bits per heavy atom. The minimum Gasteiger partial charge on any atom is -0.508 e. The molecular formula is C33H34FN5O4. The van der Waals surface area contributed by atoms with E-state index in [0.717, 1.165) is 11.1 Å². The highest BCUT2D eigenvalue weighted by Crippen LogP contribution is 2.33. The first-order valence-electron chi connectivity index (χ1n) is 14.1. The maximum Gasteiger partial charge on any atom is 0.334 e. The molecule has 5 rings (SSSR count). The molecule has 4 amide bonds. The Morgan fingerprint density at radius 2 is 1.79 bits per heavy atom. The Balaban J connectivity index is 1.55. The number of hydrazine groups is 1. The van der Waals surface area contributed by atoms with Crippen LogP contribution in [0.5, 0.6) is 5.75 Å². The van der Waals surface area contributed by atoms with E-state index in [1.165, 1.54) is 38.0 Å². The van der Waals surface area contributed by atoms with Gasteiger partial charge in [-0.1, -0.05) is 60.5 Å². The van der Waals surface area contributed by atoms with Crippen LogP contribution in [0.1, 0.15) is 29.2 Å². The molecule has 43 heavy (non-hydrogen) atoms. The number of benzene rings is 3. The smallest absolute Gasteiger partial charge is 0.334 e. The lowest BCUT2D eigenvalue weighted by atomic mass is 9.94. The van der Waals surface area contributed by atoms with E-state index in [4.69, 9.17) is 6.42 Å². The van der Waals surface area contributed by atoms with Crippen LogP contribution in [0.25, 0.3) is 0 Å². The molecule has 2 saturated heterocycles. The first kappa shape index (κ1) is 29.6. The Kier molecular flexibility index (Phi) is 8.64. The number of nitrogens with one attached hydrogen (secondary N) is 1. The van der Waals surface area contributed by atoms with Crippen LogP contribution in [-0.4, -0.2) is 74.1 Å². The summed E-state index contributed by atoms with van der Waals surface area (Å²) in [5, 5.41) is 15.7. The third kappa shape index (κ3) is 6.17. The SMILES string of the molecule is C#CCN1CC(=O)N2[C@@H](Cc3ccc(O)cc3)C(=O)N(Cc3ccc(C)cc3F)[C@@H](C)[C@@H]2N1C(=O)NCc1ccccc1. The van der Waals surface area contributed by atoms with E-state index in [-0.39, 0.29) is 50.2 Å². The molecule has 2 aliphatic rings. The van der Waals surface area contributed by atoms with Gasteiger partial charge in [0.05, 0.1) is 19.1 Å². The molecule has 0 aliphatic carbocycles. The number of fused-ring (bicyclic) bond motifs is 1. The largest absolute Gasteiger partial charge is 0.508 e. The monoisotopic (exact) mass is 583 g/mol. The fourth-order valence-corrected chi connectivity index (χ4v) is 5.78. The lowest BCUT2D eigenvalue weighted by Gasteiger charge is -2.57. The minimum absolute atomic E-state index is 0.00920. The fraction of sp³-hybridized carbons (Fsp3) is 0.303. The number of piperazine rings is 1. The van der Waals surface area contributed by atoms with Gasteiger partial charge in [-0.3, -0.25) is 9.59 Å². The zero-order valence-electron chi connectivity index (χ0n) is 24.1. The molecule has 3 atom stereocenters. The van der Waals surface area contributed by atoms with Crippen molar-refractivity contribution in [2.75, 3.05) is 13.1 Å². The van der Waals surface area contributed by atoms with Gasteiger partial charge in [0.1, 0.15) is 23.8 Å². The van der Waals surface area contributed by atoms with Crippen molar-refractivity contribution in [1.82, 2.24) is 25.1 Å². The Labute approximate surface area is 250 Å². The van der Waals surface area contributed by atoms with Crippen LogP contribution in [-0.2, 0) is 29.1 Å². The molecule has 222 valence electrons. The third-order valence-corrected chi connectivity index (χ3v) is 7.96. The summed E-state index contributed by atoms with van der Waals surface area (Å²) >= 11 is 0. The molecule has 9 nitrogen and oxygen atoms in total. The average Bonchev–Trinajstić information content (AvgIpc) is 2.99. The minimum atomic E-state index is -0.982. The number of carbonyl (C=O) groups is 3. The topological polar surface area (TPSA) is 96.4 Å². The zero-order valence-corrected chi connectivity index (χ0v) is 24.1. The summed E-state index contributed by atoms with van der Waals surface area (Å²) in [6.07, 6.45) is 4.87. The molecule has 0 spiro atoms. The molecule has 2 N–H and O–H groups in total. The molecular weight excluding hydrogens is 549 g/mol. The van der Waals surface area contributed by atoms with E-state index in [2.05, 4.69) is 11.2 Å². The number of aromatic hydroxyl groups is 1. The van der Waals surface area contributed by atoms with Crippen molar-refractivity contribution < 1.29 is 23.9 Å². The van der Waals surface area contributed by atoms with E-state index in [1.807, 2.05) is 30.3 Å². The number of hydrogen-bond acceptors (Lipinski definition) is 5. The first-order chi connectivity index (χ1) is 20.7. The molecule has 2 aliphatic heterocycles. The van der Waals surface area contributed by atoms with Crippen molar-refractivity contribution in [2.24, 2.45) is 0 Å². The highest BCUT2D eigenvalue weighted by atomic mass is 19.1. The zero-order chi connectivity index (χ0) is 30.7. The summed E-state index contributed by atoms with van der Waals surface area (Å²) in [6.45, 7) is 3.52. The van der Waals surface area contributed by atoms with Crippen molar-refractivity contribution in [3.8, 4) is 18.1 Å². The molecule has 0 saturated carbocycles. The Hall–Kier alpha value is -4.88. The summed E-state index contributed by atoms with van der Waals surface area (Å²) in [7, 11) is 0. The quantitative estimate of drug-likeness (QED) is 0.416. The lowest BCUT2D eigenvalue weighted by Crippen LogP contribution is -2.79. The summed E-state index contributed by atoms with van der Waals surface area (Å²) < 4.78 is 15.0. The number of terminal acetylenes is 1. The van der Waals surface area contributed by atoms with E-state index in [0.29, 0.717) is 11.1 Å². The second-order valence-corrected chi connectivity index (χ2v) is 10.9. The molecule has 2 heterocycles. The molecule has 0 radical (unpaired) electrons. The number of hydrogen-bond donors (Lipinski definition) is 2. The fourth-order valence-electron chi connectivity index (χ4n) is 5.78. The van der Waals surface area contributed by atoms with Crippen LogP contribution in [0.4, 0.5) is 9.18 Å². The van der Waals surface area contributed by atoms with Gasteiger partial charge < -0.3 is 20.2 Å². The van der Waals surface area contributed by atoms with Crippen LogP contribution < -0.4 is 5.32 Å². The Morgan fingerprint density at radius 3 is 2.47 bits per heavy atom. The van der Waals surface area contributed by atoms with Gasteiger partial charge in [0, 0.05) is 25.1 Å². The van der Waals surface area contributed by atoms with Crippen molar-refractivity contribution in [2.45, 2.75) is 51.6 Å². The second kappa shape index (κ2) is 12.5. The molecule has 0 unspecified atom stereocenters. The summed E-state index contributed by atoms with van der Waals surface area (Å²) in [5.74, 6) is 1.46. The maximum absolute atomic E-state index is 15.0. The van der Waals surface area contributed by atoms with Gasteiger partial charge in [0.25, 0.3) is 0 Å². The van der Waals surface area contributed by atoms with E-state index in [9.17, 15) is 19.5 Å². The predicted molar refractivity (Wildman–Crippen MR) is 158 cm³/mol. The summed E-state index contributed by atoms with van der Waals surface area (Å²) in [4.78, 5) is 44.8. The van der Waals surface area contributed by atoms with Crippen LogP contribution in [0.2, 0.25) is 0 Å². The van der Waals surface area contributed by atoms with Gasteiger partial charge in [-0.05, 0) is 48.7 Å². The number of phenols is 1. The van der Waals surface area contributed by atoms with E-state index in [1.54, 1.807) is 38.1 Å². The number of urea groups is 1. The number of phenolic OH excluding ortho intramolecular Hbond substituents is 1. The normalized spacial score (nSPS) is 20.5.